The van der Waals surface area contributed by atoms with E-state index in [1.807, 2.05) is 0 Å². The summed E-state index contributed by atoms with van der Waals surface area (Å²) in [5.74, 6) is -1.13. The predicted octanol–water partition coefficient (Wildman–Crippen LogP) is 2.55. The fourth-order valence-electron chi connectivity index (χ4n) is 1.62. The number of anilines is 1. The molecule has 2 N–H and O–H groups in total. The van der Waals surface area contributed by atoms with Gasteiger partial charge in [0, 0.05) is 5.56 Å². The molecule has 0 aliphatic carbocycles. The van der Waals surface area contributed by atoms with Crippen LogP contribution in [0.15, 0.2) is 22.6 Å². The molecule has 0 amide bonds. The number of nitrogens with zero attached hydrogens (tertiary/aromatic N) is 1. The summed E-state index contributed by atoms with van der Waals surface area (Å²) < 4.78 is 23.2. The van der Waals surface area contributed by atoms with Gasteiger partial charge in [0.1, 0.15) is 5.82 Å². The van der Waals surface area contributed by atoms with Gasteiger partial charge < -0.3 is 14.9 Å². The van der Waals surface area contributed by atoms with Crippen LogP contribution in [0.25, 0.3) is 11.5 Å². The van der Waals surface area contributed by atoms with Crippen molar-refractivity contribution in [3.05, 3.63) is 35.3 Å². The highest BCUT2D eigenvalue weighted by Gasteiger charge is 2.21. The molecule has 1 aromatic heterocycles. The van der Waals surface area contributed by atoms with Gasteiger partial charge in [-0.05, 0) is 31.5 Å². The summed E-state index contributed by atoms with van der Waals surface area (Å²) in [5, 5.41) is 0. The van der Waals surface area contributed by atoms with E-state index in [9.17, 15) is 9.18 Å². The van der Waals surface area contributed by atoms with Crippen molar-refractivity contribution < 1.29 is 18.3 Å². The smallest absolute Gasteiger partial charge is 0.362 e. The fraction of sp³-hybridized carbons (Fsp3) is 0.231. The summed E-state index contributed by atoms with van der Waals surface area (Å²) in [6.45, 7) is 3.66. The summed E-state index contributed by atoms with van der Waals surface area (Å²) in [4.78, 5) is 15.5. The molecule has 0 aliphatic heterocycles. The molecule has 0 atom stereocenters. The van der Waals surface area contributed by atoms with E-state index in [1.54, 1.807) is 19.9 Å². The van der Waals surface area contributed by atoms with Crippen LogP contribution < -0.4 is 5.73 Å². The predicted molar refractivity (Wildman–Crippen MR) is 67.0 cm³/mol. The standard InChI is InChI=1S/C13H13FN2O3/c1-3-18-13(17)10-11(15)19-12(16-10)9-6-8(14)5-4-7(9)2/h4-6H,3,15H2,1-2H3. The third-order valence-electron chi connectivity index (χ3n) is 2.55. The van der Waals surface area contributed by atoms with Crippen LogP contribution >= 0.6 is 0 Å². The molecule has 0 radical (unpaired) electrons. The minimum atomic E-state index is -0.663. The van der Waals surface area contributed by atoms with E-state index in [4.69, 9.17) is 14.9 Å². The first kappa shape index (κ1) is 13.1. The van der Waals surface area contributed by atoms with E-state index >= 15 is 0 Å². The normalized spacial score (nSPS) is 10.5. The lowest BCUT2D eigenvalue weighted by Crippen LogP contribution is -2.07. The maximum Gasteiger partial charge on any atom is 0.362 e. The number of halogens is 1. The SMILES string of the molecule is CCOC(=O)c1nc(-c2cc(F)ccc2C)oc1N. The Bertz CT molecular complexity index is 622. The fourth-order valence-corrected chi connectivity index (χ4v) is 1.62. The van der Waals surface area contributed by atoms with Crippen molar-refractivity contribution in [1.29, 1.82) is 0 Å². The molecule has 2 rings (SSSR count). The number of aryl methyl sites for hydroxylation is 1. The van der Waals surface area contributed by atoms with E-state index in [1.165, 1.54) is 12.1 Å². The maximum absolute atomic E-state index is 13.2. The molecular formula is C13H13FN2O3. The highest BCUT2D eigenvalue weighted by Crippen LogP contribution is 2.27. The molecule has 100 valence electrons. The van der Waals surface area contributed by atoms with E-state index in [0.717, 1.165) is 5.56 Å². The van der Waals surface area contributed by atoms with Gasteiger partial charge in [0.25, 0.3) is 0 Å². The number of nitrogens with two attached hydrogens (primary N) is 1. The second kappa shape index (κ2) is 5.09. The topological polar surface area (TPSA) is 78.3 Å². The molecule has 0 saturated heterocycles. The van der Waals surface area contributed by atoms with E-state index in [0.29, 0.717) is 5.56 Å². The summed E-state index contributed by atoms with van der Waals surface area (Å²) in [5.41, 5.74) is 6.69. The number of aromatic nitrogens is 1. The van der Waals surface area contributed by atoms with Crippen LogP contribution in [0.2, 0.25) is 0 Å². The van der Waals surface area contributed by atoms with Gasteiger partial charge in [-0.3, -0.25) is 0 Å². The first-order valence-electron chi connectivity index (χ1n) is 5.73. The minimum Gasteiger partial charge on any atom is -0.461 e. The molecule has 2 aromatic rings. The Morgan fingerprint density at radius 1 is 1.53 bits per heavy atom. The number of carbonyl (C=O) groups is 1. The maximum atomic E-state index is 13.2. The van der Waals surface area contributed by atoms with Crippen LogP contribution in [0.4, 0.5) is 10.3 Å². The highest BCUT2D eigenvalue weighted by atomic mass is 19.1. The molecule has 0 spiro atoms. The van der Waals surface area contributed by atoms with Crippen LogP contribution in [0.3, 0.4) is 0 Å². The van der Waals surface area contributed by atoms with Crippen LogP contribution in [-0.2, 0) is 4.74 Å². The lowest BCUT2D eigenvalue weighted by Gasteiger charge is -2.00. The Kier molecular flexibility index (Phi) is 3.50. The number of nitrogen functional groups attached to an aromatic ring is 1. The van der Waals surface area contributed by atoms with Gasteiger partial charge in [-0.2, -0.15) is 4.98 Å². The molecule has 6 heteroatoms. The molecule has 5 nitrogen and oxygen atoms in total. The number of benzene rings is 1. The minimum absolute atomic E-state index is 0.0950. The summed E-state index contributed by atoms with van der Waals surface area (Å²) in [6, 6.07) is 4.20. The van der Waals surface area contributed by atoms with Crippen molar-refractivity contribution >= 4 is 11.9 Å². The average molecular weight is 264 g/mol. The Morgan fingerprint density at radius 2 is 2.26 bits per heavy atom. The van der Waals surface area contributed by atoms with Crippen molar-refractivity contribution in [2.45, 2.75) is 13.8 Å². The molecule has 0 bridgehead atoms. The van der Waals surface area contributed by atoms with Crippen molar-refractivity contribution in [2.75, 3.05) is 12.3 Å². The summed E-state index contributed by atoms with van der Waals surface area (Å²) in [6.07, 6.45) is 0. The largest absolute Gasteiger partial charge is 0.461 e. The summed E-state index contributed by atoms with van der Waals surface area (Å²) in [7, 11) is 0. The monoisotopic (exact) mass is 264 g/mol. The highest BCUT2D eigenvalue weighted by molar-refractivity contribution is 5.92. The van der Waals surface area contributed by atoms with Crippen LogP contribution in [0.1, 0.15) is 23.0 Å². The first-order valence-corrected chi connectivity index (χ1v) is 5.73. The van der Waals surface area contributed by atoms with Crippen LogP contribution in [0.5, 0.6) is 0 Å². The molecule has 19 heavy (non-hydrogen) atoms. The number of rotatable bonds is 3. The lowest BCUT2D eigenvalue weighted by molar-refractivity contribution is 0.0521. The third kappa shape index (κ3) is 2.57. The number of esters is 1. The van der Waals surface area contributed by atoms with E-state index in [2.05, 4.69) is 4.98 Å². The van der Waals surface area contributed by atoms with Gasteiger partial charge in [0.15, 0.2) is 0 Å². The molecule has 1 aromatic carbocycles. The Labute approximate surface area is 109 Å². The van der Waals surface area contributed by atoms with Gasteiger partial charge in [-0.1, -0.05) is 6.07 Å². The zero-order valence-corrected chi connectivity index (χ0v) is 10.6. The molecule has 0 saturated carbocycles. The van der Waals surface area contributed by atoms with Gasteiger partial charge >= 0.3 is 5.97 Å². The third-order valence-corrected chi connectivity index (χ3v) is 2.55. The Hall–Kier alpha value is -2.37. The number of hydrogen-bond donors (Lipinski definition) is 1. The van der Waals surface area contributed by atoms with Gasteiger partial charge in [-0.25, -0.2) is 9.18 Å². The number of oxazole rings is 1. The molecular weight excluding hydrogens is 251 g/mol. The average Bonchev–Trinajstić information content (AvgIpc) is 2.74. The molecule has 0 unspecified atom stereocenters. The second-order valence-electron chi connectivity index (χ2n) is 3.91. The zero-order chi connectivity index (χ0) is 14.0. The summed E-state index contributed by atoms with van der Waals surface area (Å²) >= 11 is 0. The van der Waals surface area contributed by atoms with Crippen molar-refractivity contribution in [3.63, 3.8) is 0 Å². The molecule has 1 heterocycles. The second-order valence-corrected chi connectivity index (χ2v) is 3.91. The number of carbonyl (C=O) groups excluding carboxylic acids is 1. The zero-order valence-electron chi connectivity index (χ0n) is 10.6. The van der Waals surface area contributed by atoms with E-state index in [-0.39, 0.29) is 24.1 Å². The van der Waals surface area contributed by atoms with Gasteiger partial charge in [0.2, 0.25) is 17.5 Å². The van der Waals surface area contributed by atoms with Crippen molar-refractivity contribution in [3.8, 4) is 11.5 Å². The van der Waals surface area contributed by atoms with E-state index < -0.39 is 11.8 Å². The lowest BCUT2D eigenvalue weighted by atomic mass is 10.1. The van der Waals surface area contributed by atoms with Gasteiger partial charge in [-0.15, -0.1) is 0 Å². The number of hydrogen-bond acceptors (Lipinski definition) is 5. The number of ether oxygens (including phenoxy) is 1. The van der Waals surface area contributed by atoms with Gasteiger partial charge in [0.05, 0.1) is 6.61 Å². The Morgan fingerprint density at radius 3 is 2.95 bits per heavy atom. The molecule has 0 aliphatic rings. The van der Waals surface area contributed by atoms with Crippen LogP contribution in [-0.4, -0.2) is 17.6 Å². The Balaban J connectivity index is 2.44. The quantitative estimate of drug-likeness (QED) is 0.862. The van der Waals surface area contributed by atoms with Crippen molar-refractivity contribution in [1.82, 2.24) is 4.98 Å². The first-order chi connectivity index (χ1) is 9.02. The van der Waals surface area contributed by atoms with Crippen molar-refractivity contribution in [2.24, 2.45) is 0 Å². The van der Waals surface area contributed by atoms with Crippen LogP contribution in [0, 0.1) is 12.7 Å². The molecule has 0 fully saturated rings.